The lowest BCUT2D eigenvalue weighted by atomic mass is 10.1. The van der Waals surface area contributed by atoms with Gasteiger partial charge in [0.1, 0.15) is 0 Å². The van der Waals surface area contributed by atoms with E-state index in [1.807, 2.05) is 7.05 Å². The van der Waals surface area contributed by atoms with Crippen LogP contribution in [-0.2, 0) is 0 Å². The van der Waals surface area contributed by atoms with Gasteiger partial charge in [0.2, 0.25) is 0 Å². The van der Waals surface area contributed by atoms with Crippen LogP contribution in [0.3, 0.4) is 0 Å². The SMILES string of the molecule is CNc1ccc2ccccc2c1I. The van der Waals surface area contributed by atoms with Gasteiger partial charge < -0.3 is 5.32 Å². The van der Waals surface area contributed by atoms with Crippen LogP contribution in [0.5, 0.6) is 0 Å². The van der Waals surface area contributed by atoms with Gasteiger partial charge in [0.05, 0.1) is 0 Å². The van der Waals surface area contributed by atoms with Gasteiger partial charge in [0, 0.05) is 16.3 Å². The first kappa shape index (κ1) is 8.81. The first-order valence-corrected chi connectivity index (χ1v) is 5.26. The fourth-order valence-corrected chi connectivity index (χ4v) is 2.37. The zero-order valence-corrected chi connectivity index (χ0v) is 9.50. The number of benzene rings is 2. The van der Waals surface area contributed by atoms with Crippen molar-refractivity contribution in [2.75, 3.05) is 12.4 Å². The number of rotatable bonds is 1. The van der Waals surface area contributed by atoms with E-state index in [-0.39, 0.29) is 0 Å². The summed E-state index contributed by atoms with van der Waals surface area (Å²) in [5.74, 6) is 0. The standard InChI is InChI=1S/C11H10IN/c1-13-10-7-6-8-4-2-3-5-9(8)11(10)12/h2-7,13H,1H3. The zero-order chi connectivity index (χ0) is 9.26. The van der Waals surface area contributed by atoms with E-state index < -0.39 is 0 Å². The minimum atomic E-state index is 1.19. The Morgan fingerprint density at radius 2 is 1.85 bits per heavy atom. The molecule has 0 aliphatic rings. The zero-order valence-electron chi connectivity index (χ0n) is 7.34. The topological polar surface area (TPSA) is 12.0 Å². The summed E-state index contributed by atoms with van der Waals surface area (Å²) in [6, 6.07) is 12.7. The number of nitrogens with one attached hydrogen (secondary N) is 1. The smallest absolute Gasteiger partial charge is 0.0479 e. The van der Waals surface area contributed by atoms with Crippen LogP contribution >= 0.6 is 22.6 Å². The first-order valence-electron chi connectivity index (χ1n) is 4.18. The molecule has 0 atom stereocenters. The highest BCUT2D eigenvalue weighted by Crippen LogP contribution is 2.26. The van der Waals surface area contributed by atoms with E-state index >= 15 is 0 Å². The molecule has 13 heavy (non-hydrogen) atoms. The second kappa shape index (κ2) is 3.54. The summed E-state index contributed by atoms with van der Waals surface area (Å²) in [7, 11) is 1.95. The molecule has 0 saturated heterocycles. The van der Waals surface area contributed by atoms with Gasteiger partial charge in [-0.2, -0.15) is 0 Å². The van der Waals surface area contributed by atoms with Crippen LogP contribution in [0.1, 0.15) is 0 Å². The number of fused-ring (bicyclic) bond motifs is 1. The molecule has 66 valence electrons. The van der Waals surface area contributed by atoms with E-state index in [1.54, 1.807) is 0 Å². The van der Waals surface area contributed by atoms with Gasteiger partial charge in [-0.3, -0.25) is 0 Å². The van der Waals surface area contributed by atoms with E-state index in [0.717, 1.165) is 0 Å². The molecule has 2 aromatic carbocycles. The molecule has 2 rings (SSSR count). The largest absolute Gasteiger partial charge is 0.387 e. The molecule has 0 saturated carbocycles. The summed E-state index contributed by atoms with van der Waals surface area (Å²) in [5, 5.41) is 5.79. The summed E-state index contributed by atoms with van der Waals surface area (Å²) in [6.07, 6.45) is 0. The minimum Gasteiger partial charge on any atom is -0.387 e. The average Bonchev–Trinajstić information content (AvgIpc) is 2.19. The molecular formula is C11H10IN. The van der Waals surface area contributed by atoms with Crippen molar-refractivity contribution in [2.45, 2.75) is 0 Å². The second-order valence-corrected chi connectivity index (χ2v) is 3.98. The van der Waals surface area contributed by atoms with Gasteiger partial charge in [0.25, 0.3) is 0 Å². The van der Waals surface area contributed by atoms with Crippen LogP contribution in [-0.4, -0.2) is 7.05 Å². The first-order chi connectivity index (χ1) is 6.33. The Labute approximate surface area is 91.3 Å². The Morgan fingerprint density at radius 3 is 2.62 bits per heavy atom. The maximum atomic E-state index is 3.18. The lowest BCUT2D eigenvalue weighted by molar-refractivity contribution is 1.51. The van der Waals surface area contributed by atoms with Gasteiger partial charge >= 0.3 is 0 Å². The van der Waals surface area contributed by atoms with Crippen molar-refractivity contribution in [3.63, 3.8) is 0 Å². The Hall–Kier alpha value is -0.770. The maximum absolute atomic E-state index is 3.18. The summed E-state index contributed by atoms with van der Waals surface area (Å²) < 4.78 is 1.29. The molecule has 0 bridgehead atoms. The molecular weight excluding hydrogens is 273 g/mol. The number of anilines is 1. The highest BCUT2D eigenvalue weighted by Gasteiger charge is 2.01. The van der Waals surface area contributed by atoms with Crippen molar-refractivity contribution in [1.82, 2.24) is 0 Å². The van der Waals surface area contributed by atoms with Crippen molar-refractivity contribution in [3.05, 3.63) is 40.0 Å². The van der Waals surface area contributed by atoms with Crippen molar-refractivity contribution >= 4 is 39.1 Å². The van der Waals surface area contributed by atoms with Gasteiger partial charge in [-0.05, 0) is 39.4 Å². The Morgan fingerprint density at radius 1 is 1.08 bits per heavy atom. The molecule has 0 fully saturated rings. The molecule has 0 aliphatic carbocycles. The van der Waals surface area contributed by atoms with E-state index in [0.29, 0.717) is 0 Å². The molecule has 0 radical (unpaired) electrons. The van der Waals surface area contributed by atoms with Crippen LogP contribution in [0.2, 0.25) is 0 Å². The van der Waals surface area contributed by atoms with Crippen LogP contribution in [0.4, 0.5) is 5.69 Å². The quantitative estimate of drug-likeness (QED) is 0.790. The monoisotopic (exact) mass is 283 g/mol. The van der Waals surface area contributed by atoms with Crippen LogP contribution in [0, 0.1) is 3.57 Å². The summed E-state index contributed by atoms with van der Waals surface area (Å²) >= 11 is 2.38. The molecule has 2 heteroatoms. The van der Waals surface area contributed by atoms with Crippen LogP contribution in [0.15, 0.2) is 36.4 Å². The number of hydrogen-bond acceptors (Lipinski definition) is 1. The van der Waals surface area contributed by atoms with Crippen molar-refractivity contribution in [2.24, 2.45) is 0 Å². The number of halogens is 1. The second-order valence-electron chi connectivity index (χ2n) is 2.90. The summed E-state index contributed by atoms with van der Waals surface area (Å²) in [6.45, 7) is 0. The molecule has 0 aromatic heterocycles. The highest BCUT2D eigenvalue weighted by molar-refractivity contribution is 14.1. The maximum Gasteiger partial charge on any atom is 0.0479 e. The minimum absolute atomic E-state index is 1.19. The average molecular weight is 283 g/mol. The Kier molecular flexibility index (Phi) is 2.40. The van der Waals surface area contributed by atoms with Crippen LogP contribution < -0.4 is 5.32 Å². The fraction of sp³-hybridized carbons (Fsp3) is 0.0909. The van der Waals surface area contributed by atoms with Gasteiger partial charge in [-0.15, -0.1) is 0 Å². The Bertz CT molecular complexity index is 437. The molecule has 0 unspecified atom stereocenters. The van der Waals surface area contributed by atoms with Gasteiger partial charge in [0.15, 0.2) is 0 Å². The number of hydrogen-bond donors (Lipinski definition) is 1. The normalized spacial score (nSPS) is 10.3. The predicted octanol–water partition coefficient (Wildman–Crippen LogP) is 3.49. The highest BCUT2D eigenvalue weighted by atomic mass is 127. The third-order valence-corrected chi connectivity index (χ3v) is 3.29. The van der Waals surface area contributed by atoms with Crippen LogP contribution in [0.25, 0.3) is 10.8 Å². The molecule has 1 nitrogen and oxygen atoms in total. The third-order valence-electron chi connectivity index (χ3n) is 2.13. The van der Waals surface area contributed by atoms with Gasteiger partial charge in [-0.25, -0.2) is 0 Å². The summed E-state index contributed by atoms with van der Waals surface area (Å²) in [5.41, 5.74) is 1.19. The molecule has 0 amide bonds. The van der Waals surface area contributed by atoms with Crippen molar-refractivity contribution in [3.8, 4) is 0 Å². The molecule has 1 N–H and O–H groups in total. The third kappa shape index (κ3) is 1.50. The van der Waals surface area contributed by atoms with E-state index in [4.69, 9.17) is 0 Å². The molecule has 0 heterocycles. The van der Waals surface area contributed by atoms with Crippen molar-refractivity contribution < 1.29 is 0 Å². The predicted molar refractivity (Wildman–Crippen MR) is 66.2 cm³/mol. The Balaban J connectivity index is 2.79. The fourth-order valence-electron chi connectivity index (χ4n) is 1.43. The summed E-state index contributed by atoms with van der Waals surface area (Å²) in [4.78, 5) is 0. The molecule has 2 aromatic rings. The van der Waals surface area contributed by atoms with Gasteiger partial charge in [-0.1, -0.05) is 30.3 Å². The van der Waals surface area contributed by atoms with E-state index in [2.05, 4.69) is 64.3 Å². The van der Waals surface area contributed by atoms with E-state index in [9.17, 15) is 0 Å². The lowest BCUT2D eigenvalue weighted by Crippen LogP contribution is -1.91. The molecule has 0 spiro atoms. The molecule has 0 aliphatic heterocycles. The lowest BCUT2D eigenvalue weighted by Gasteiger charge is -2.06. The van der Waals surface area contributed by atoms with E-state index in [1.165, 1.54) is 20.0 Å². The van der Waals surface area contributed by atoms with Crippen molar-refractivity contribution in [1.29, 1.82) is 0 Å².